The lowest BCUT2D eigenvalue weighted by Gasteiger charge is -2.34. The Balaban J connectivity index is 1.97. The average Bonchev–Trinajstić information content (AvgIpc) is 2.80. The first-order valence-corrected chi connectivity index (χ1v) is 14.2. The van der Waals surface area contributed by atoms with Gasteiger partial charge in [-0.05, 0) is 51.8 Å². The van der Waals surface area contributed by atoms with Crippen LogP contribution in [0.1, 0.15) is 45.2 Å². The van der Waals surface area contributed by atoms with E-state index in [0.717, 1.165) is 21.7 Å². The van der Waals surface area contributed by atoms with Gasteiger partial charge < -0.3 is 19.7 Å². The molecule has 37 heavy (non-hydrogen) atoms. The Bertz CT molecular complexity index is 1240. The highest BCUT2D eigenvalue weighted by atomic mass is 32.2. The van der Waals surface area contributed by atoms with E-state index in [0.29, 0.717) is 31.1 Å². The summed E-state index contributed by atoms with van der Waals surface area (Å²) in [4.78, 5) is 28.5. The minimum Gasteiger partial charge on any atom is -0.486 e. The maximum atomic E-state index is 13.8. The molecule has 1 aliphatic heterocycles. The molecule has 0 fully saturated rings. The van der Waals surface area contributed by atoms with Crippen molar-refractivity contribution in [2.45, 2.75) is 59.2 Å². The monoisotopic (exact) mass is 531 g/mol. The lowest BCUT2D eigenvalue weighted by atomic mass is 10.0. The van der Waals surface area contributed by atoms with Crippen LogP contribution in [0.2, 0.25) is 0 Å². The summed E-state index contributed by atoms with van der Waals surface area (Å²) in [5.74, 6) is 0.150. The van der Waals surface area contributed by atoms with Crippen LogP contribution in [-0.4, -0.2) is 62.7 Å². The molecule has 1 heterocycles. The van der Waals surface area contributed by atoms with Gasteiger partial charge in [0.2, 0.25) is 21.8 Å². The molecule has 0 unspecified atom stereocenters. The number of nitrogens with zero attached hydrogens (tertiary/aromatic N) is 2. The van der Waals surface area contributed by atoms with Gasteiger partial charge in [-0.15, -0.1) is 0 Å². The van der Waals surface area contributed by atoms with Crippen molar-refractivity contribution in [2.24, 2.45) is 0 Å². The van der Waals surface area contributed by atoms with Crippen molar-refractivity contribution in [1.82, 2.24) is 10.2 Å². The number of hydrogen-bond donors (Lipinski definition) is 1. The van der Waals surface area contributed by atoms with Gasteiger partial charge in [0, 0.05) is 18.2 Å². The molecule has 1 N–H and O–H groups in total. The van der Waals surface area contributed by atoms with Gasteiger partial charge in [0.1, 0.15) is 25.8 Å². The smallest absolute Gasteiger partial charge is 0.244 e. The van der Waals surface area contributed by atoms with E-state index in [2.05, 4.69) is 5.32 Å². The maximum absolute atomic E-state index is 13.8. The zero-order chi connectivity index (χ0) is 27.4. The normalized spacial score (nSPS) is 14.0. The van der Waals surface area contributed by atoms with E-state index >= 15 is 0 Å². The Hall–Kier alpha value is -3.27. The molecular formula is C27H37N3O6S. The van der Waals surface area contributed by atoms with Crippen molar-refractivity contribution in [1.29, 1.82) is 0 Å². The van der Waals surface area contributed by atoms with E-state index in [1.165, 1.54) is 4.90 Å². The second-order valence-electron chi connectivity index (χ2n) is 10.3. The minimum atomic E-state index is -3.85. The van der Waals surface area contributed by atoms with Gasteiger partial charge in [-0.1, -0.05) is 36.8 Å². The highest BCUT2D eigenvalue weighted by Gasteiger charge is 2.33. The zero-order valence-electron chi connectivity index (χ0n) is 22.4. The molecular weight excluding hydrogens is 494 g/mol. The SMILES string of the molecule is CC[C@@H](C(=O)NC(C)(C)C)N(Cc1cccc(C)c1)C(=O)CN(c1ccc2c(c1)OCCO2)S(C)(=O)=O. The number of aryl methyl sites for hydroxylation is 1. The van der Waals surface area contributed by atoms with E-state index in [1.807, 2.05) is 58.9 Å². The first kappa shape index (κ1) is 28.3. The van der Waals surface area contributed by atoms with E-state index < -0.39 is 34.1 Å². The fraction of sp³-hybridized carbons (Fsp3) is 0.481. The van der Waals surface area contributed by atoms with Crippen molar-refractivity contribution in [3.05, 3.63) is 53.6 Å². The molecule has 1 atom stereocenters. The third kappa shape index (κ3) is 7.61. The predicted octanol–water partition coefficient (Wildman–Crippen LogP) is 3.25. The van der Waals surface area contributed by atoms with E-state index in [4.69, 9.17) is 9.47 Å². The highest BCUT2D eigenvalue weighted by molar-refractivity contribution is 7.92. The minimum absolute atomic E-state index is 0.162. The second kappa shape index (κ2) is 11.4. The van der Waals surface area contributed by atoms with Crippen molar-refractivity contribution < 1.29 is 27.5 Å². The van der Waals surface area contributed by atoms with Crippen LogP contribution < -0.4 is 19.1 Å². The van der Waals surface area contributed by atoms with Crippen LogP contribution in [-0.2, 0) is 26.2 Å². The Morgan fingerprint density at radius 1 is 1.05 bits per heavy atom. The summed E-state index contributed by atoms with van der Waals surface area (Å²) in [6.07, 6.45) is 1.41. The number of carbonyl (C=O) groups is 2. The zero-order valence-corrected chi connectivity index (χ0v) is 23.2. The van der Waals surface area contributed by atoms with E-state index in [1.54, 1.807) is 18.2 Å². The summed E-state index contributed by atoms with van der Waals surface area (Å²) >= 11 is 0. The molecule has 2 aromatic carbocycles. The lowest BCUT2D eigenvalue weighted by Crippen LogP contribution is -2.55. The Morgan fingerprint density at radius 2 is 1.73 bits per heavy atom. The number of rotatable bonds is 9. The number of hydrogen-bond acceptors (Lipinski definition) is 6. The molecule has 10 heteroatoms. The molecule has 9 nitrogen and oxygen atoms in total. The van der Waals surface area contributed by atoms with Crippen molar-refractivity contribution in [3.63, 3.8) is 0 Å². The Kier molecular flexibility index (Phi) is 8.73. The summed E-state index contributed by atoms with van der Waals surface area (Å²) in [6, 6.07) is 11.7. The second-order valence-corrected chi connectivity index (χ2v) is 12.2. The van der Waals surface area contributed by atoms with E-state index in [-0.39, 0.29) is 18.1 Å². The summed E-state index contributed by atoms with van der Waals surface area (Å²) in [6.45, 7) is 9.85. The van der Waals surface area contributed by atoms with Gasteiger partial charge in [-0.3, -0.25) is 13.9 Å². The molecule has 0 radical (unpaired) electrons. The molecule has 202 valence electrons. The summed E-state index contributed by atoms with van der Waals surface area (Å²) in [5, 5.41) is 2.96. The molecule has 0 spiro atoms. The standard InChI is InChI=1S/C27H37N3O6S/c1-7-22(26(32)28-27(3,4)5)29(17-20-10-8-9-19(2)15-20)25(31)18-30(37(6,33)34)21-11-12-23-24(16-21)36-14-13-35-23/h8-12,15-16,22H,7,13-14,17-18H2,1-6H3,(H,28,32)/t22-/m0/s1. The molecule has 0 aliphatic carbocycles. The van der Waals surface area contributed by atoms with Crippen LogP contribution in [0.5, 0.6) is 11.5 Å². The van der Waals surface area contributed by atoms with Gasteiger partial charge >= 0.3 is 0 Å². The fourth-order valence-electron chi connectivity index (χ4n) is 4.18. The maximum Gasteiger partial charge on any atom is 0.244 e. The van der Waals surface area contributed by atoms with Crippen LogP contribution in [0.4, 0.5) is 5.69 Å². The number of ether oxygens (including phenoxy) is 2. The number of fused-ring (bicyclic) bond motifs is 1. The highest BCUT2D eigenvalue weighted by Crippen LogP contribution is 2.34. The van der Waals surface area contributed by atoms with Crippen LogP contribution in [0.25, 0.3) is 0 Å². The molecule has 2 amide bonds. The first-order valence-electron chi connectivity index (χ1n) is 12.3. The number of amides is 2. The lowest BCUT2D eigenvalue weighted by molar-refractivity contribution is -0.141. The third-order valence-corrected chi connectivity index (χ3v) is 6.95. The molecule has 2 aromatic rings. The van der Waals surface area contributed by atoms with Gasteiger partial charge in [-0.25, -0.2) is 8.42 Å². The molecule has 0 bridgehead atoms. The Morgan fingerprint density at radius 3 is 2.32 bits per heavy atom. The van der Waals surface area contributed by atoms with Crippen LogP contribution in [0, 0.1) is 6.92 Å². The van der Waals surface area contributed by atoms with E-state index in [9.17, 15) is 18.0 Å². The average molecular weight is 532 g/mol. The van der Waals surface area contributed by atoms with Crippen LogP contribution in [0.15, 0.2) is 42.5 Å². The first-order chi connectivity index (χ1) is 17.3. The predicted molar refractivity (Wildman–Crippen MR) is 143 cm³/mol. The van der Waals surface area contributed by atoms with Crippen LogP contribution >= 0.6 is 0 Å². The summed E-state index contributed by atoms with van der Waals surface area (Å²) in [7, 11) is -3.85. The Labute approximate surface area is 219 Å². The van der Waals surface area contributed by atoms with Crippen molar-refractivity contribution >= 4 is 27.5 Å². The molecule has 3 rings (SSSR count). The topological polar surface area (TPSA) is 105 Å². The summed E-state index contributed by atoms with van der Waals surface area (Å²) < 4.78 is 37.8. The number of anilines is 1. The van der Waals surface area contributed by atoms with Gasteiger partial charge in [0.05, 0.1) is 11.9 Å². The number of benzene rings is 2. The molecule has 0 saturated carbocycles. The molecule has 1 aliphatic rings. The number of carbonyl (C=O) groups excluding carboxylic acids is 2. The van der Waals surface area contributed by atoms with Crippen LogP contribution in [0.3, 0.4) is 0 Å². The van der Waals surface area contributed by atoms with Gasteiger partial charge in [0.25, 0.3) is 0 Å². The van der Waals surface area contributed by atoms with Gasteiger partial charge in [0.15, 0.2) is 11.5 Å². The third-order valence-electron chi connectivity index (χ3n) is 5.81. The largest absolute Gasteiger partial charge is 0.486 e. The summed E-state index contributed by atoms with van der Waals surface area (Å²) in [5.41, 5.74) is 1.65. The van der Waals surface area contributed by atoms with Crippen molar-refractivity contribution in [2.75, 3.05) is 30.3 Å². The number of nitrogens with one attached hydrogen (secondary N) is 1. The quantitative estimate of drug-likeness (QED) is 0.533. The fourth-order valence-corrected chi connectivity index (χ4v) is 5.02. The number of sulfonamides is 1. The van der Waals surface area contributed by atoms with Crippen molar-refractivity contribution in [3.8, 4) is 11.5 Å². The van der Waals surface area contributed by atoms with Gasteiger partial charge in [-0.2, -0.15) is 0 Å². The molecule has 0 aromatic heterocycles. The molecule has 0 saturated heterocycles.